The molecule has 9 heteroatoms. The van der Waals surface area contributed by atoms with Crippen LogP contribution in [-0.4, -0.2) is 64.1 Å². The summed E-state index contributed by atoms with van der Waals surface area (Å²) in [5.74, 6) is -0.437. The Balaban J connectivity index is 1.67. The Morgan fingerprint density at radius 3 is 2.39 bits per heavy atom. The Labute approximate surface area is 164 Å². The summed E-state index contributed by atoms with van der Waals surface area (Å²) in [5.41, 5.74) is 0. The zero-order valence-electron chi connectivity index (χ0n) is 15.8. The summed E-state index contributed by atoms with van der Waals surface area (Å²) in [5, 5.41) is 4.02. The molecule has 0 radical (unpaired) electrons. The van der Waals surface area contributed by atoms with Crippen molar-refractivity contribution < 1.29 is 27.6 Å². The van der Waals surface area contributed by atoms with Gasteiger partial charge in [0.2, 0.25) is 10.0 Å². The van der Waals surface area contributed by atoms with E-state index in [9.17, 15) is 18.0 Å². The molecule has 3 rings (SSSR count). The van der Waals surface area contributed by atoms with E-state index >= 15 is 0 Å². The first-order chi connectivity index (χ1) is 13.3. The molecule has 28 heavy (non-hydrogen) atoms. The van der Waals surface area contributed by atoms with E-state index in [4.69, 9.17) is 0 Å². The van der Waals surface area contributed by atoms with Crippen molar-refractivity contribution in [1.29, 1.82) is 0 Å². The number of quaternary nitrogens is 1. The molecular formula is C19H24N3O5S+. The molecular weight excluding hydrogens is 382 g/mol. The molecule has 1 fully saturated rings. The summed E-state index contributed by atoms with van der Waals surface area (Å²) >= 11 is 0. The SMILES string of the molecule is COC(=O)NC(=O)[C@H](C)[NH+]1CCN(S(=O)(=O)c2ccc3ccccc3c2)CC1. The summed E-state index contributed by atoms with van der Waals surface area (Å²) in [4.78, 5) is 24.5. The number of carbonyl (C=O) groups is 2. The van der Waals surface area contributed by atoms with E-state index in [0.717, 1.165) is 15.7 Å². The molecule has 1 saturated heterocycles. The molecule has 0 spiro atoms. The molecule has 1 aliphatic heterocycles. The van der Waals surface area contributed by atoms with Gasteiger partial charge in [0.05, 0.1) is 38.2 Å². The minimum absolute atomic E-state index is 0.270. The lowest BCUT2D eigenvalue weighted by atomic mass is 10.1. The molecule has 150 valence electrons. The summed E-state index contributed by atoms with van der Waals surface area (Å²) in [6.45, 7) is 3.27. The Kier molecular flexibility index (Phi) is 5.97. The van der Waals surface area contributed by atoms with Gasteiger partial charge >= 0.3 is 6.09 Å². The van der Waals surface area contributed by atoms with Gasteiger partial charge in [0, 0.05) is 0 Å². The number of rotatable bonds is 4. The van der Waals surface area contributed by atoms with Crippen molar-refractivity contribution >= 4 is 32.8 Å². The number of piperazine rings is 1. The molecule has 1 aliphatic rings. The molecule has 2 N–H and O–H groups in total. The molecule has 1 heterocycles. The highest BCUT2D eigenvalue weighted by molar-refractivity contribution is 7.89. The van der Waals surface area contributed by atoms with Gasteiger partial charge in [-0.05, 0) is 29.8 Å². The van der Waals surface area contributed by atoms with Gasteiger partial charge in [-0.25, -0.2) is 13.2 Å². The van der Waals surface area contributed by atoms with E-state index < -0.39 is 28.1 Å². The van der Waals surface area contributed by atoms with Crippen molar-refractivity contribution in [2.45, 2.75) is 17.9 Å². The van der Waals surface area contributed by atoms with Crippen LogP contribution in [0.3, 0.4) is 0 Å². The van der Waals surface area contributed by atoms with Gasteiger partial charge in [-0.3, -0.25) is 10.1 Å². The number of imide groups is 1. The number of amides is 2. The van der Waals surface area contributed by atoms with Crippen molar-refractivity contribution in [3.63, 3.8) is 0 Å². The van der Waals surface area contributed by atoms with Gasteiger partial charge in [0.1, 0.15) is 0 Å². The highest BCUT2D eigenvalue weighted by Crippen LogP contribution is 2.21. The fourth-order valence-corrected chi connectivity index (χ4v) is 4.85. The minimum Gasteiger partial charge on any atom is -0.453 e. The van der Waals surface area contributed by atoms with Gasteiger partial charge < -0.3 is 9.64 Å². The fraction of sp³-hybridized carbons (Fsp3) is 0.368. The first kappa shape index (κ1) is 20.2. The van der Waals surface area contributed by atoms with Gasteiger partial charge in [0.15, 0.2) is 6.04 Å². The number of fused-ring (bicyclic) bond motifs is 1. The topological polar surface area (TPSA) is 97.2 Å². The highest BCUT2D eigenvalue weighted by atomic mass is 32.2. The van der Waals surface area contributed by atoms with Crippen molar-refractivity contribution in [3.8, 4) is 0 Å². The van der Waals surface area contributed by atoms with Crippen LogP contribution in [0.1, 0.15) is 6.92 Å². The molecule has 0 aromatic heterocycles. The maximum absolute atomic E-state index is 13.0. The van der Waals surface area contributed by atoms with Crippen LogP contribution in [0.5, 0.6) is 0 Å². The summed E-state index contributed by atoms with van der Waals surface area (Å²) in [6, 6.07) is 12.3. The lowest BCUT2D eigenvalue weighted by Crippen LogP contribution is -3.19. The second-order valence-corrected chi connectivity index (χ2v) is 8.71. The van der Waals surface area contributed by atoms with Gasteiger partial charge in [-0.2, -0.15) is 4.31 Å². The lowest BCUT2D eigenvalue weighted by Gasteiger charge is -2.34. The zero-order valence-corrected chi connectivity index (χ0v) is 16.7. The van der Waals surface area contributed by atoms with Crippen LogP contribution in [0.4, 0.5) is 4.79 Å². The van der Waals surface area contributed by atoms with Gasteiger partial charge in [-0.1, -0.05) is 30.3 Å². The first-order valence-electron chi connectivity index (χ1n) is 9.05. The predicted molar refractivity (Wildman–Crippen MR) is 103 cm³/mol. The number of carbonyl (C=O) groups excluding carboxylic acids is 2. The third kappa shape index (κ3) is 4.16. The highest BCUT2D eigenvalue weighted by Gasteiger charge is 2.35. The molecule has 0 saturated carbocycles. The van der Waals surface area contributed by atoms with Crippen LogP contribution >= 0.6 is 0 Å². The van der Waals surface area contributed by atoms with Crippen LogP contribution in [0.15, 0.2) is 47.4 Å². The van der Waals surface area contributed by atoms with E-state index in [1.165, 1.54) is 11.4 Å². The number of nitrogens with one attached hydrogen (secondary N) is 2. The molecule has 2 amide bonds. The van der Waals surface area contributed by atoms with E-state index in [-0.39, 0.29) is 4.90 Å². The minimum atomic E-state index is -3.60. The number of hydrogen-bond donors (Lipinski definition) is 2. The van der Waals surface area contributed by atoms with Crippen LogP contribution in [-0.2, 0) is 19.6 Å². The van der Waals surface area contributed by atoms with Crippen molar-refractivity contribution in [1.82, 2.24) is 9.62 Å². The third-order valence-electron chi connectivity index (χ3n) is 5.14. The molecule has 1 atom stereocenters. The van der Waals surface area contributed by atoms with Crippen LogP contribution in [0.2, 0.25) is 0 Å². The van der Waals surface area contributed by atoms with E-state index in [0.29, 0.717) is 26.2 Å². The largest absolute Gasteiger partial charge is 0.453 e. The second-order valence-electron chi connectivity index (χ2n) is 6.77. The summed E-state index contributed by atoms with van der Waals surface area (Å²) in [7, 11) is -2.41. The van der Waals surface area contributed by atoms with Crippen molar-refractivity contribution in [3.05, 3.63) is 42.5 Å². The molecule has 2 aromatic rings. The first-order valence-corrected chi connectivity index (χ1v) is 10.5. The maximum atomic E-state index is 13.0. The number of ether oxygens (including phenoxy) is 1. The number of alkyl carbamates (subject to hydrolysis) is 1. The van der Waals surface area contributed by atoms with Crippen LogP contribution in [0, 0.1) is 0 Å². The number of methoxy groups -OCH3 is 1. The van der Waals surface area contributed by atoms with Crippen molar-refractivity contribution in [2.24, 2.45) is 0 Å². The van der Waals surface area contributed by atoms with Crippen molar-refractivity contribution in [2.75, 3.05) is 33.3 Å². The van der Waals surface area contributed by atoms with Crippen LogP contribution < -0.4 is 10.2 Å². The predicted octanol–water partition coefficient (Wildman–Crippen LogP) is 0.000100. The number of sulfonamides is 1. The average molecular weight is 406 g/mol. The second kappa shape index (κ2) is 8.26. The Hall–Kier alpha value is -2.49. The molecule has 0 unspecified atom stereocenters. The zero-order chi connectivity index (χ0) is 20.3. The molecule has 8 nitrogen and oxygen atoms in total. The number of nitrogens with zero attached hydrogens (tertiary/aromatic N) is 1. The normalized spacial score (nSPS) is 17.2. The van der Waals surface area contributed by atoms with E-state index in [2.05, 4.69) is 10.1 Å². The molecule has 0 bridgehead atoms. The monoisotopic (exact) mass is 406 g/mol. The van der Waals surface area contributed by atoms with Gasteiger partial charge in [-0.15, -0.1) is 0 Å². The summed E-state index contributed by atoms with van der Waals surface area (Å²) in [6.07, 6.45) is -0.797. The van der Waals surface area contributed by atoms with E-state index in [1.807, 2.05) is 30.3 Å². The molecule has 2 aromatic carbocycles. The Morgan fingerprint density at radius 2 is 1.75 bits per heavy atom. The Bertz CT molecular complexity index is 984. The number of benzene rings is 2. The summed E-state index contributed by atoms with van der Waals surface area (Å²) < 4.78 is 31.9. The number of hydrogen-bond acceptors (Lipinski definition) is 5. The standard InChI is InChI=1S/C19H23N3O5S/c1-14(18(23)20-19(24)27-2)21-9-11-22(12-10-21)28(25,26)17-8-7-15-5-3-4-6-16(15)13-17/h3-8,13-14H,9-12H2,1-2H3,(H,20,23,24)/p+1/t14-/m0/s1. The fourth-order valence-electron chi connectivity index (χ4n) is 3.37. The maximum Gasteiger partial charge on any atom is 0.413 e. The smallest absolute Gasteiger partial charge is 0.413 e. The lowest BCUT2D eigenvalue weighted by molar-refractivity contribution is -0.917. The van der Waals surface area contributed by atoms with Crippen LogP contribution in [0.25, 0.3) is 10.8 Å². The van der Waals surface area contributed by atoms with Gasteiger partial charge in [0.25, 0.3) is 5.91 Å². The average Bonchev–Trinajstić information content (AvgIpc) is 2.72. The third-order valence-corrected chi connectivity index (χ3v) is 7.03. The van der Waals surface area contributed by atoms with E-state index in [1.54, 1.807) is 19.1 Å². The Morgan fingerprint density at radius 1 is 1.11 bits per heavy atom. The quantitative estimate of drug-likeness (QED) is 0.745. The molecule has 0 aliphatic carbocycles.